The van der Waals surface area contributed by atoms with Crippen LogP contribution in [0.25, 0.3) is 0 Å². The number of halogens is 3. The highest BCUT2D eigenvalue weighted by molar-refractivity contribution is 5.91. The normalized spacial score (nSPS) is 11.0. The Balaban J connectivity index is 1.93. The van der Waals surface area contributed by atoms with Crippen molar-refractivity contribution >= 4 is 11.6 Å². The summed E-state index contributed by atoms with van der Waals surface area (Å²) in [6, 6.07) is 13.1. The summed E-state index contributed by atoms with van der Waals surface area (Å²) in [5, 5.41) is 2.18. The number of ether oxygens (including phenoxy) is 2. The third-order valence-corrected chi connectivity index (χ3v) is 2.87. The average Bonchev–Trinajstić information content (AvgIpc) is 2.49. The molecule has 0 unspecified atom stereocenters. The molecule has 0 saturated heterocycles. The van der Waals surface area contributed by atoms with Crippen molar-refractivity contribution in [2.45, 2.75) is 19.5 Å². The minimum Gasteiger partial charge on any atom is -0.494 e. The van der Waals surface area contributed by atoms with E-state index >= 15 is 0 Å². The maximum Gasteiger partial charge on any atom is 0.397 e. The molecule has 0 aliphatic rings. The van der Waals surface area contributed by atoms with Gasteiger partial charge < -0.3 is 14.8 Å². The Bertz CT molecular complexity index is 667. The van der Waals surface area contributed by atoms with E-state index in [2.05, 4.69) is 5.32 Å². The largest absolute Gasteiger partial charge is 0.494 e. The lowest BCUT2D eigenvalue weighted by Crippen LogP contribution is -2.21. The minimum absolute atomic E-state index is 0.267. The highest BCUT2D eigenvalue weighted by Crippen LogP contribution is 2.25. The van der Waals surface area contributed by atoms with Crippen molar-refractivity contribution in [2.75, 3.05) is 11.9 Å². The molecule has 4 nitrogen and oxygen atoms in total. The van der Waals surface area contributed by atoms with E-state index in [0.717, 1.165) is 5.75 Å². The minimum atomic E-state index is -4.53. The molecule has 0 radical (unpaired) electrons. The molecule has 2 rings (SSSR count). The molecule has 0 saturated carbocycles. The Morgan fingerprint density at radius 3 is 1.96 bits per heavy atom. The molecule has 0 spiro atoms. The van der Waals surface area contributed by atoms with E-state index in [0.29, 0.717) is 18.1 Å². The Morgan fingerprint density at radius 2 is 1.46 bits per heavy atom. The molecule has 0 aliphatic carbocycles. The standard InChI is InChI=1S/C17H16F3NO3/c1-2-23-13-7-9-15(10-8-13)24-14-5-3-12(4-6-14)21-16(22)11-17(18,19)20/h3-10H,2,11H2,1H3,(H,21,22). The molecule has 2 aromatic rings. The van der Waals surface area contributed by atoms with E-state index in [1.54, 1.807) is 36.4 Å². The number of carbonyl (C=O) groups is 1. The second kappa shape index (κ2) is 7.72. The van der Waals surface area contributed by atoms with Crippen LogP contribution in [0.5, 0.6) is 17.2 Å². The van der Waals surface area contributed by atoms with Crippen molar-refractivity contribution in [3.63, 3.8) is 0 Å². The molecular formula is C17H16F3NO3. The summed E-state index contributed by atoms with van der Waals surface area (Å²) in [4.78, 5) is 11.2. The summed E-state index contributed by atoms with van der Waals surface area (Å²) in [5.41, 5.74) is 0.267. The fourth-order valence-corrected chi connectivity index (χ4v) is 1.90. The molecule has 128 valence electrons. The lowest BCUT2D eigenvalue weighted by atomic mass is 10.2. The van der Waals surface area contributed by atoms with Crippen LogP contribution in [0.2, 0.25) is 0 Å². The third kappa shape index (κ3) is 5.83. The van der Waals surface area contributed by atoms with Crippen molar-refractivity contribution < 1.29 is 27.4 Å². The SMILES string of the molecule is CCOc1ccc(Oc2ccc(NC(=O)CC(F)(F)F)cc2)cc1. The van der Waals surface area contributed by atoms with Gasteiger partial charge in [0.2, 0.25) is 5.91 Å². The summed E-state index contributed by atoms with van der Waals surface area (Å²) in [6.45, 7) is 2.46. The monoisotopic (exact) mass is 339 g/mol. The van der Waals surface area contributed by atoms with Crippen molar-refractivity contribution in [1.29, 1.82) is 0 Å². The molecule has 0 fully saturated rings. The lowest BCUT2D eigenvalue weighted by Gasteiger charge is -2.10. The van der Waals surface area contributed by atoms with Crippen LogP contribution in [0.4, 0.5) is 18.9 Å². The maximum absolute atomic E-state index is 12.1. The maximum atomic E-state index is 12.1. The molecule has 24 heavy (non-hydrogen) atoms. The van der Waals surface area contributed by atoms with Crippen LogP contribution >= 0.6 is 0 Å². The van der Waals surface area contributed by atoms with Crippen LogP contribution in [0, 0.1) is 0 Å². The molecule has 0 bridgehead atoms. The molecular weight excluding hydrogens is 323 g/mol. The molecule has 0 aromatic heterocycles. The number of alkyl halides is 3. The molecule has 1 N–H and O–H groups in total. The fraction of sp³-hybridized carbons (Fsp3) is 0.235. The first-order valence-electron chi connectivity index (χ1n) is 7.23. The highest BCUT2D eigenvalue weighted by Gasteiger charge is 2.31. The van der Waals surface area contributed by atoms with E-state index in [-0.39, 0.29) is 5.69 Å². The Labute approximate surface area is 137 Å². The second-order valence-electron chi connectivity index (χ2n) is 4.87. The predicted molar refractivity (Wildman–Crippen MR) is 83.4 cm³/mol. The van der Waals surface area contributed by atoms with E-state index in [4.69, 9.17) is 9.47 Å². The second-order valence-corrected chi connectivity index (χ2v) is 4.87. The summed E-state index contributed by atoms with van der Waals surface area (Å²) in [7, 11) is 0. The van der Waals surface area contributed by atoms with Gasteiger partial charge in [-0.1, -0.05) is 0 Å². The van der Waals surface area contributed by atoms with Crippen LogP contribution in [0.1, 0.15) is 13.3 Å². The van der Waals surface area contributed by atoms with Crippen molar-refractivity contribution in [3.05, 3.63) is 48.5 Å². The van der Waals surface area contributed by atoms with Gasteiger partial charge in [0.25, 0.3) is 0 Å². The quantitative estimate of drug-likeness (QED) is 0.825. The van der Waals surface area contributed by atoms with Gasteiger partial charge in [-0.25, -0.2) is 0 Å². The van der Waals surface area contributed by atoms with Gasteiger partial charge in [0.05, 0.1) is 6.61 Å². The van der Waals surface area contributed by atoms with Crippen LogP contribution in [-0.4, -0.2) is 18.7 Å². The predicted octanol–water partition coefficient (Wildman–Crippen LogP) is 4.77. The van der Waals surface area contributed by atoms with Gasteiger partial charge in [0, 0.05) is 5.69 Å². The molecule has 0 atom stereocenters. The lowest BCUT2D eigenvalue weighted by molar-refractivity contribution is -0.150. The highest BCUT2D eigenvalue weighted by atomic mass is 19.4. The molecule has 2 aromatic carbocycles. The molecule has 0 heterocycles. The van der Waals surface area contributed by atoms with Gasteiger partial charge in [0.1, 0.15) is 23.7 Å². The first-order valence-corrected chi connectivity index (χ1v) is 7.23. The number of hydrogen-bond acceptors (Lipinski definition) is 3. The zero-order valence-electron chi connectivity index (χ0n) is 12.9. The number of anilines is 1. The number of hydrogen-bond donors (Lipinski definition) is 1. The Morgan fingerprint density at radius 1 is 0.958 bits per heavy atom. The first kappa shape index (κ1) is 17.7. The molecule has 0 aliphatic heterocycles. The number of benzene rings is 2. The van der Waals surface area contributed by atoms with Crippen molar-refractivity contribution in [3.8, 4) is 17.2 Å². The zero-order valence-corrected chi connectivity index (χ0v) is 12.9. The van der Waals surface area contributed by atoms with Crippen LogP contribution in [0.15, 0.2) is 48.5 Å². The fourth-order valence-electron chi connectivity index (χ4n) is 1.90. The summed E-state index contributed by atoms with van der Waals surface area (Å²) >= 11 is 0. The van der Waals surface area contributed by atoms with Crippen molar-refractivity contribution in [2.24, 2.45) is 0 Å². The average molecular weight is 339 g/mol. The van der Waals surface area contributed by atoms with Gasteiger partial charge in [-0.2, -0.15) is 13.2 Å². The van der Waals surface area contributed by atoms with Crippen LogP contribution in [0.3, 0.4) is 0 Å². The number of nitrogens with one attached hydrogen (secondary N) is 1. The summed E-state index contributed by atoms with van der Waals surface area (Å²) < 4.78 is 47.2. The van der Waals surface area contributed by atoms with E-state index in [1.807, 2.05) is 6.92 Å². The smallest absolute Gasteiger partial charge is 0.397 e. The van der Waals surface area contributed by atoms with E-state index in [1.165, 1.54) is 12.1 Å². The summed E-state index contributed by atoms with van der Waals surface area (Å²) in [6.07, 6.45) is -6.04. The van der Waals surface area contributed by atoms with Gasteiger partial charge in [-0.15, -0.1) is 0 Å². The number of rotatable bonds is 6. The summed E-state index contributed by atoms with van der Waals surface area (Å²) in [5.74, 6) is 0.704. The third-order valence-electron chi connectivity index (χ3n) is 2.87. The van der Waals surface area contributed by atoms with Gasteiger partial charge in [0.15, 0.2) is 0 Å². The first-order chi connectivity index (χ1) is 11.4. The zero-order chi connectivity index (χ0) is 17.6. The topological polar surface area (TPSA) is 47.6 Å². The van der Waals surface area contributed by atoms with Crippen molar-refractivity contribution in [1.82, 2.24) is 0 Å². The molecule has 1 amide bonds. The number of carbonyl (C=O) groups excluding carboxylic acids is 1. The van der Waals surface area contributed by atoms with E-state index < -0.39 is 18.5 Å². The van der Waals surface area contributed by atoms with E-state index in [9.17, 15) is 18.0 Å². The van der Waals surface area contributed by atoms with Gasteiger partial charge in [-0.3, -0.25) is 4.79 Å². The van der Waals surface area contributed by atoms with Crippen LogP contribution < -0.4 is 14.8 Å². The Hall–Kier alpha value is -2.70. The van der Waals surface area contributed by atoms with Crippen LogP contribution in [-0.2, 0) is 4.79 Å². The Kier molecular flexibility index (Phi) is 5.68. The van der Waals surface area contributed by atoms with Gasteiger partial charge >= 0.3 is 6.18 Å². The van der Waals surface area contributed by atoms with Gasteiger partial charge in [-0.05, 0) is 55.5 Å². The number of amides is 1. The molecule has 7 heteroatoms.